The lowest BCUT2D eigenvalue weighted by atomic mass is 10.00. The highest BCUT2D eigenvalue weighted by Gasteiger charge is 2.24. The first kappa shape index (κ1) is 18.2. The monoisotopic (exact) mass is 375 g/mol. The minimum Gasteiger partial charge on any atom is -0.388 e. The van der Waals surface area contributed by atoms with Crippen molar-refractivity contribution in [3.63, 3.8) is 0 Å². The number of aryl methyl sites for hydroxylation is 1. The van der Waals surface area contributed by atoms with Crippen LogP contribution in [0.4, 0.5) is 11.4 Å². The zero-order valence-electron chi connectivity index (χ0n) is 16.5. The van der Waals surface area contributed by atoms with Gasteiger partial charge >= 0.3 is 0 Å². The molecule has 3 aromatic rings. The number of amides is 1. The van der Waals surface area contributed by atoms with Gasteiger partial charge in [0.05, 0.1) is 11.0 Å². The molecule has 1 fully saturated rings. The number of anilines is 2. The van der Waals surface area contributed by atoms with Gasteiger partial charge in [0.15, 0.2) is 0 Å². The summed E-state index contributed by atoms with van der Waals surface area (Å²) in [5.74, 6) is 0.133. The van der Waals surface area contributed by atoms with Gasteiger partial charge in [-0.25, -0.2) is 0 Å². The lowest BCUT2D eigenvalue weighted by molar-refractivity contribution is -0.127. The minimum absolute atomic E-state index is 0.133. The van der Waals surface area contributed by atoms with Crippen molar-refractivity contribution in [2.24, 2.45) is 0 Å². The predicted octanol–water partition coefficient (Wildman–Crippen LogP) is 3.68. The minimum atomic E-state index is 0.133. The van der Waals surface area contributed by atoms with Gasteiger partial charge in [-0.05, 0) is 42.7 Å². The van der Waals surface area contributed by atoms with Crippen LogP contribution in [0.3, 0.4) is 0 Å². The molecule has 1 atom stereocenters. The zero-order chi connectivity index (χ0) is 19.7. The number of hydrogen-bond acceptors (Lipinski definition) is 5. The van der Waals surface area contributed by atoms with Crippen molar-refractivity contribution < 1.29 is 4.79 Å². The molecule has 6 heteroatoms. The van der Waals surface area contributed by atoms with Crippen LogP contribution in [0.5, 0.6) is 0 Å². The van der Waals surface area contributed by atoms with Crippen LogP contribution < -0.4 is 10.6 Å². The Morgan fingerprint density at radius 2 is 2.00 bits per heavy atom. The smallest absolute Gasteiger partial charge is 0.219 e. The van der Waals surface area contributed by atoms with Crippen molar-refractivity contribution in [3.8, 4) is 11.1 Å². The van der Waals surface area contributed by atoms with E-state index in [4.69, 9.17) is 0 Å². The maximum Gasteiger partial charge on any atom is 0.219 e. The van der Waals surface area contributed by atoms with E-state index in [1.165, 1.54) is 5.56 Å². The van der Waals surface area contributed by atoms with Crippen LogP contribution in [0.25, 0.3) is 22.2 Å². The van der Waals surface area contributed by atoms with Gasteiger partial charge in [0, 0.05) is 62.4 Å². The first-order valence-electron chi connectivity index (χ1n) is 9.61. The van der Waals surface area contributed by atoms with E-state index in [0.29, 0.717) is 0 Å². The molecular weight excluding hydrogens is 350 g/mol. The number of rotatable bonds is 4. The standard InChI is InChI=1S/C22H25N5O/c1-14-4-5-16(10-20(14)23-3)19-11-18(12-21-22(19)25-8-7-24-21)26-17-6-9-27(13-17)15(2)28/h4-5,7-8,10-12,17,23,26H,6,9,13H2,1-3H3/t17-/m0/s1. The Morgan fingerprint density at radius 3 is 2.75 bits per heavy atom. The molecule has 2 heterocycles. The zero-order valence-corrected chi connectivity index (χ0v) is 16.5. The summed E-state index contributed by atoms with van der Waals surface area (Å²) in [4.78, 5) is 22.6. The fourth-order valence-corrected chi connectivity index (χ4v) is 3.84. The highest BCUT2D eigenvalue weighted by Crippen LogP contribution is 2.33. The molecule has 1 aromatic heterocycles. The van der Waals surface area contributed by atoms with E-state index < -0.39 is 0 Å². The quantitative estimate of drug-likeness (QED) is 0.728. The van der Waals surface area contributed by atoms with E-state index in [-0.39, 0.29) is 11.9 Å². The molecule has 0 aliphatic carbocycles. The Kier molecular flexibility index (Phi) is 4.86. The number of nitrogens with zero attached hydrogens (tertiary/aromatic N) is 3. The largest absolute Gasteiger partial charge is 0.388 e. The van der Waals surface area contributed by atoms with E-state index in [0.717, 1.165) is 53.0 Å². The van der Waals surface area contributed by atoms with E-state index in [1.807, 2.05) is 18.0 Å². The van der Waals surface area contributed by atoms with Gasteiger partial charge in [-0.15, -0.1) is 0 Å². The van der Waals surface area contributed by atoms with Crippen molar-refractivity contribution in [2.45, 2.75) is 26.3 Å². The van der Waals surface area contributed by atoms with Gasteiger partial charge in [0.25, 0.3) is 0 Å². The molecule has 6 nitrogen and oxygen atoms in total. The molecule has 144 valence electrons. The molecule has 2 aromatic carbocycles. The van der Waals surface area contributed by atoms with Crippen molar-refractivity contribution >= 4 is 28.3 Å². The van der Waals surface area contributed by atoms with Gasteiger partial charge in [-0.3, -0.25) is 14.8 Å². The van der Waals surface area contributed by atoms with Gasteiger partial charge in [-0.1, -0.05) is 12.1 Å². The van der Waals surface area contributed by atoms with Crippen LogP contribution in [-0.2, 0) is 4.79 Å². The molecule has 1 amide bonds. The fraction of sp³-hybridized carbons (Fsp3) is 0.318. The number of hydrogen-bond donors (Lipinski definition) is 2. The summed E-state index contributed by atoms with van der Waals surface area (Å²) in [6, 6.07) is 10.8. The molecule has 1 aliphatic heterocycles. The summed E-state index contributed by atoms with van der Waals surface area (Å²) in [6.07, 6.45) is 4.40. The molecular formula is C22H25N5O. The van der Waals surface area contributed by atoms with Crippen LogP contribution in [0.2, 0.25) is 0 Å². The second kappa shape index (κ2) is 7.46. The van der Waals surface area contributed by atoms with Gasteiger partial charge in [-0.2, -0.15) is 0 Å². The molecule has 0 saturated carbocycles. The number of likely N-dealkylation sites (tertiary alicyclic amines) is 1. The van der Waals surface area contributed by atoms with Gasteiger partial charge in [0.1, 0.15) is 0 Å². The van der Waals surface area contributed by atoms with Crippen LogP contribution in [-0.4, -0.2) is 47.0 Å². The number of benzene rings is 2. The Bertz CT molecular complexity index is 1030. The van der Waals surface area contributed by atoms with Crippen molar-refractivity contribution in [1.82, 2.24) is 14.9 Å². The Morgan fingerprint density at radius 1 is 1.18 bits per heavy atom. The Hall–Kier alpha value is -3.15. The van der Waals surface area contributed by atoms with Crippen molar-refractivity contribution in [3.05, 3.63) is 48.3 Å². The SMILES string of the molecule is CNc1cc(-c2cc(N[C@H]3CCN(C(C)=O)C3)cc3nccnc23)ccc1C. The van der Waals surface area contributed by atoms with E-state index in [1.54, 1.807) is 19.3 Å². The predicted molar refractivity (Wildman–Crippen MR) is 114 cm³/mol. The second-order valence-corrected chi connectivity index (χ2v) is 7.32. The summed E-state index contributed by atoms with van der Waals surface area (Å²) in [5, 5.41) is 6.84. The Labute approximate surface area is 165 Å². The number of carbonyl (C=O) groups is 1. The molecule has 0 radical (unpaired) electrons. The summed E-state index contributed by atoms with van der Waals surface area (Å²) in [6.45, 7) is 5.25. The van der Waals surface area contributed by atoms with Gasteiger partial charge < -0.3 is 15.5 Å². The van der Waals surface area contributed by atoms with E-state index in [9.17, 15) is 4.79 Å². The highest BCUT2D eigenvalue weighted by molar-refractivity contribution is 5.95. The first-order valence-corrected chi connectivity index (χ1v) is 9.61. The van der Waals surface area contributed by atoms with Crippen molar-refractivity contribution in [2.75, 3.05) is 30.8 Å². The van der Waals surface area contributed by atoms with Gasteiger partial charge in [0.2, 0.25) is 5.91 Å². The lowest BCUT2D eigenvalue weighted by Crippen LogP contribution is -2.29. The lowest BCUT2D eigenvalue weighted by Gasteiger charge is -2.18. The number of carbonyl (C=O) groups excluding carboxylic acids is 1. The molecule has 2 N–H and O–H groups in total. The number of aromatic nitrogens is 2. The van der Waals surface area contributed by atoms with Crippen LogP contribution in [0, 0.1) is 6.92 Å². The molecule has 0 unspecified atom stereocenters. The molecule has 0 bridgehead atoms. The molecule has 4 rings (SSSR count). The molecule has 1 saturated heterocycles. The first-order chi connectivity index (χ1) is 13.5. The number of fused-ring (bicyclic) bond motifs is 1. The second-order valence-electron chi connectivity index (χ2n) is 7.32. The van der Waals surface area contributed by atoms with E-state index in [2.05, 4.69) is 51.8 Å². The Balaban J connectivity index is 1.73. The average Bonchev–Trinajstić information content (AvgIpc) is 3.16. The highest BCUT2D eigenvalue weighted by atomic mass is 16.2. The normalized spacial score (nSPS) is 16.4. The third-order valence-corrected chi connectivity index (χ3v) is 5.40. The van der Waals surface area contributed by atoms with E-state index >= 15 is 0 Å². The third kappa shape index (κ3) is 3.50. The van der Waals surface area contributed by atoms with Crippen LogP contribution in [0.15, 0.2) is 42.7 Å². The molecule has 0 spiro atoms. The summed E-state index contributed by atoms with van der Waals surface area (Å²) < 4.78 is 0. The topological polar surface area (TPSA) is 70.2 Å². The average molecular weight is 375 g/mol. The van der Waals surface area contributed by atoms with Crippen LogP contribution in [0.1, 0.15) is 18.9 Å². The molecule has 28 heavy (non-hydrogen) atoms. The fourth-order valence-electron chi connectivity index (χ4n) is 3.84. The summed E-state index contributed by atoms with van der Waals surface area (Å²) >= 11 is 0. The van der Waals surface area contributed by atoms with Crippen molar-refractivity contribution in [1.29, 1.82) is 0 Å². The summed E-state index contributed by atoms with van der Waals surface area (Å²) in [5.41, 5.74) is 7.19. The summed E-state index contributed by atoms with van der Waals surface area (Å²) in [7, 11) is 1.93. The number of nitrogens with one attached hydrogen (secondary N) is 2. The maximum absolute atomic E-state index is 11.6. The molecule has 1 aliphatic rings. The maximum atomic E-state index is 11.6. The van der Waals surface area contributed by atoms with Crippen LogP contribution >= 0.6 is 0 Å². The third-order valence-electron chi connectivity index (χ3n) is 5.40.